The van der Waals surface area contributed by atoms with Crippen molar-refractivity contribution in [3.8, 4) is 0 Å². The van der Waals surface area contributed by atoms with Crippen molar-refractivity contribution in [2.45, 2.75) is 0 Å². The molecule has 1 aromatic carbocycles. The van der Waals surface area contributed by atoms with Gasteiger partial charge >= 0.3 is 0 Å². The van der Waals surface area contributed by atoms with E-state index < -0.39 is 5.82 Å². The molecule has 0 spiro atoms. The first-order valence-corrected chi connectivity index (χ1v) is 2.99. The molecular formula is C6H6ClFN2. The average molecular weight is 161 g/mol. The molecule has 10 heavy (non-hydrogen) atoms. The summed E-state index contributed by atoms with van der Waals surface area (Å²) in [5, 5.41) is 0.0833. The Labute approximate surface area is 62.6 Å². The van der Waals surface area contributed by atoms with Gasteiger partial charge in [0.1, 0.15) is 5.82 Å². The first kappa shape index (κ1) is 7.15. The zero-order valence-electron chi connectivity index (χ0n) is 5.07. The summed E-state index contributed by atoms with van der Waals surface area (Å²) in [5.41, 5.74) is 10.7. The maximum absolute atomic E-state index is 12.5. The number of hydrogen-bond donors (Lipinski definition) is 2. The van der Waals surface area contributed by atoms with Crippen molar-refractivity contribution >= 4 is 23.0 Å². The van der Waals surface area contributed by atoms with E-state index in [1.807, 2.05) is 0 Å². The number of benzene rings is 1. The number of nitrogen functional groups attached to an aromatic ring is 2. The quantitative estimate of drug-likeness (QED) is 0.567. The molecule has 0 heterocycles. The molecule has 1 aromatic rings. The number of nitrogens with two attached hydrogens (primary N) is 2. The number of hydrogen-bond acceptors (Lipinski definition) is 2. The predicted molar refractivity (Wildman–Crippen MR) is 40.2 cm³/mol. The first-order valence-electron chi connectivity index (χ1n) is 2.62. The van der Waals surface area contributed by atoms with E-state index in [0.29, 0.717) is 5.69 Å². The van der Waals surface area contributed by atoms with Crippen molar-refractivity contribution in [1.82, 2.24) is 0 Å². The molecule has 0 amide bonds. The van der Waals surface area contributed by atoms with E-state index in [9.17, 15) is 4.39 Å². The van der Waals surface area contributed by atoms with Crippen LogP contribution in [-0.4, -0.2) is 0 Å². The molecule has 1 rings (SSSR count). The van der Waals surface area contributed by atoms with Crippen LogP contribution in [0.25, 0.3) is 0 Å². The number of rotatable bonds is 0. The minimum Gasteiger partial charge on any atom is -0.397 e. The van der Waals surface area contributed by atoms with Gasteiger partial charge in [-0.15, -0.1) is 0 Å². The summed E-state index contributed by atoms with van der Waals surface area (Å²) in [7, 11) is 0. The second-order valence-corrected chi connectivity index (χ2v) is 2.24. The zero-order chi connectivity index (χ0) is 7.72. The van der Waals surface area contributed by atoms with E-state index in [0.717, 1.165) is 0 Å². The van der Waals surface area contributed by atoms with Gasteiger partial charge in [0.15, 0.2) is 0 Å². The lowest BCUT2D eigenvalue weighted by Gasteiger charge is -2.01. The second-order valence-electron chi connectivity index (χ2n) is 1.86. The summed E-state index contributed by atoms with van der Waals surface area (Å²) in [6, 6.07) is 2.55. The van der Waals surface area contributed by atoms with E-state index in [2.05, 4.69) is 0 Å². The van der Waals surface area contributed by atoms with Crippen LogP contribution in [-0.2, 0) is 0 Å². The lowest BCUT2D eigenvalue weighted by atomic mass is 10.3. The Bertz CT molecular complexity index is 235. The normalized spacial score (nSPS) is 9.80. The van der Waals surface area contributed by atoms with Crippen LogP contribution in [0.2, 0.25) is 5.02 Å². The lowest BCUT2D eigenvalue weighted by Crippen LogP contribution is -1.95. The van der Waals surface area contributed by atoms with E-state index in [1.54, 1.807) is 0 Å². The fourth-order valence-corrected chi connectivity index (χ4v) is 0.739. The Kier molecular flexibility index (Phi) is 1.68. The molecule has 0 aliphatic heterocycles. The summed E-state index contributed by atoms with van der Waals surface area (Å²) >= 11 is 5.49. The Morgan fingerprint density at radius 3 is 2.40 bits per heavy atom. The van der Waals surface area contributed by atoms with Gasteiger partial charge in [-0.25, -0.2) is 4.39 Å². The highest BCUT2D eigenvalue weighted by molar-refractivity contribution is 6.35. The second kappa shape index (κ2) is 2.34. The highest BCUT2D eigenvalue weighted by atomic mass is 35.5. The Balaban J connectivity index is 3.34. The molecule has 0 aliphatic rings. The Hall–Kier alpha value is -0.960. The van der Waals surface area contributed by atoms with Gasteiger partial charge in [-0.05, 0) is 12.1 Å². The maximum atomic E-state index is 12.5. The molecular weight excluding hydrogens is 155 g/mol. The van der Waals surface area contributed by atoms with Crippen molar-refractivity contribution in [2.75, 3.05) is 11.5 Å². The van der Waals surface area contributed by atoms with Gasteiger partial charge in [0, 0.05) is 0 Å². The maximum Gasteiger partial charge on any atom is 0.147 e. The molecule has 54 valence electrons. The third kappa shape index (κ3) is 0.998. The van der Waals surface area contributed by atoms with E-state index in [-0.39, 0.29) is 10.7 Å². The standard InChI is InChI=1S/C6H6ClFN2/c7-5-4(9)2-1-3(8)6(5)10/h1-2H,9-10H2. The molecule has 0 fully saturated rings. The fraction of sp³-hybridized carbons (Fsp3) is 0. The van der Waals surface area contributed by atoms with E-state index in [1.165, 1.54) is 12.1 Å². The summed E-state index contributed by atoms with van der Waals surface area (Å²) in [6.07, 6.45) is 0. The van der Waals surface area contributed by atoms with Gasteiger partial charge in [0.2, 0.25) is 0 Å². The van der Waals surface area contributed by atoms with Crippen LogP contribution in [0.4, 0.5) is 15.8 Å². The van der Waals surface area contributed by atoms with Gasteiger partial charge in [-0.2, -0.15) is 0 Å². The largest absolute Gasteiger partial charge is 0.397 e. The van der Waals surface area contributed by atoms with Crippen LogP contribution < -0.4 is 11.5 Å². The van der Waals surface area contributed by atoms with Crippen LogP contribution in [0.3, 0.4) is 0 Å². The van der Waals surface area contributed by atoms with Crippen molar-refractivity contribution < 1.29 is 4.39 Å². The third-order valence-corrected chi connectivity index (χ3v) is 1.58. The summed E-state index contributed by atoms with van der Waals surface area (Å²) < 4.78 is 12.5. The summed E-state index contributed by atoms with van der Waals surface area (Å²) in [6.45, 7) is 0. The SMILES string of the molecule is Nc1ccc(F)c(N)c1Cl. The fourth-order valence-electron chi connectivity index (χ4n) is 0.586. The van der Waals surface area contributed by atoms with Gasteiger partial charge in [-0.1, -0.05) is 11.6 Å². The summed E-state index contributed by atoms with van der Waals surface area (Å²) in [4.78, 5) is 0. The predicted octanol–water partition coefficient (Wildman–Crippen LogP) is 1.64. The monoisotopic (exact) mass is 160 g/mol. The van der Waals surface area contributed by atoms with Gasteiger partial charge in [0.05, 0.1) is 16.4 Å². The smallest absolute Gasteiger partial charge is 0.147 e. The topological polar surface area (TPSA) is 52.0 Å². The van der Waals surface area contributed by atoms with Crippen LogP contribution in [0.15, 0.2) is 12.1 Å². The molecule has 0 saturated carbocycles. The van der Waals surface area contributed by atoms with Crippen molar-refractivity contribution in [1.29, 1.82) is 0 Å². The third-order valence-electron chi connectivity index (χ3n) is 1.16. The molecule has 4 heteroatoms. The first-order chi connectivity index (χ1) is 4.63. The van der Waals surface area contributed by atoms with E-state index in [4.69, 9.17) is 23.1 Å². The van der Waals surface area contributed by atoms with Gasteiger partial charge in [-0.3, -0.25) is 0 Å². The minimum absolute atomic E-state index is 0.0833. The molecule has 0 saturated heterocycles. The zero-order valence-corrected chi connectivity index (χ0v) is 5.82. The average Bonchev–Trinajstić information content (AvgIpc) is 1.93. The highest BCUT2D eigenvalue weighted by Crippen LogP contribution is 2.27. The van der Waals surface area contributed by atoms with Gasteiger partial charge < -0.3 is 11.5 Å². The van der Waals surface area contributed by atoms with Crippen molar-refractivity contribution in [3.05, 3.63) is 23.0 Å². The Morgan fingerprint density at radius 1 is 1.30 bits per heavy atom. The van der Waals surface area contributed by atoms with Crippen LogP contribution in [0.5, 0.6) is 0 Å². The highest BCUT2D eigenvalue weighted by Gasteiger charge is 2.04. The Morgan fingerprint density at radius 2 is 1.90 bits per heavy atom. The number of halogens is 2. The van der Waals surface area contributed by atoms with Crippen LogP contribution in [0, 0.1) is 5.82 Å². The summed E-state index contributed by atoms with van der Waals surface area (Å²) in [5.74, 6) is -0.542. The number of anilines is 2. The van der Waals surface area contributed by atoms with Crippen molar-refractivity contribution in [3.63, 3.8) is 0 Å². The molecule has 0 aliphatic carbocycles. The minimum atomic E-state index is -0.542. The van der Waals surface area contributed by atoms with Crippen LogP contribution >= 0.6 is 11.6 Å². The van der Waals surface area contributed by atoms with Crippen LogP contribution in [0.1, 0.15) is 0 Å². The molecule has 4 N–H and O–H groups in total. The molecule has 0 aromatic heterocycles. The molecule has 0 bridgehead atoms. The van der Waals surface area contributed by atoms with Gasteiger partial charge in [0.25, 0.3) is 0 Å². The molecule has 2 nitrogen and oxygen atoms in total. The van der Waals surface area contributed by atoms with E-state index >= 15 is 0 Å². The molecule has 0 radical (unpaired) electrons. The van der Waals surface area contributed by atoms with Crippen molar-refractivity contribution in [2.24, 2.45) is 0 Å². The molecule has 0 atom stereocenters. The lowest BCUT2D eigenvalue weighted by molar-refractivity contribution is 0.633. The molecule has 0 unspecified atom stereocenters.